The Labute approximate surface area is 161 Å². The van der Waals surface area contributed by atoms with Gasteiger partial charge in [-0.15, -0.1) is 21.5 Å². The van der Waals surface area contributed by atoms with Gasteiger partial charge < -0.3 is 9.80 Å². The number of anilines is 1. The zero-order valence-corrected chi connectivity index (χ0v) is 16.7. The first kappa shape index (κ1) is 19.0. The van der Waals surface area contributed by atoms with Crippen molar-refractivity contribution in [3.8, 4) is 0 Å². The fraction of sp³-hybridized carbons (Fsp3) is 0.400. The van der Waals surface area contributed by atoms with Crippen LogP contribution in [0.1, 0.15) is 10.5 Å². The second kappa shape index (κ2) is 7.47. The number of hydrogen-bond acceptors (Lipinski definition) is 7. The van der Waals surface area contributed by atoms with Gasteiger partial charge in [-0.2, -0.15) is 4.31 Å². The molecule has 3 heterocycles. The SMILES string of the molecule is CN(C)c1ccc(C(=O)N2CCN(S(=O)(=O)c3ccc(Cl)s3)CC2)nn1. The van der Waals surface area contributed by atoms with Crippen LogP contribution in [0.25, 0.3) is 0 Å². The van der Waals surface area contributed by atoms with Crippen LogP contribution in [-0.4, -0.2) is 74.0 Å². The zero-order valence-electron chi connectivity index (χ0n) is 14.3. The van der Waals surface area contributed by atoms with Gasteiger partial charge in [-0.1, -0.05) is 11.6 Å². The van der Waals surface area contributed by atoms with Crippen LogP contribution in [0.2, 0.25) is 4.34 Å². The molecular formula is C15H18ClN5O3S2. The number of sulfonamides is 1. The molecule has 0 saturated carbocycles. The Morgan fingerprint density at radius 2 is 1.81 bits per heavy atom. The molecular weight excluding hydrogens is 398 g/mol. The van der Waals surface area contributed by atoms with Crippen LogP contribution >= 0.6 is 22.9 Å². The van der Waals surface area contributed by atoms with E-state index in [-0.39, 0.29) is 28.9 Å². The third kappa shape index (κ3) is 3.83. The number of thiophene rings is 1. The Bertz CT molecular complexity index is 890. The molecule has 2 aromatic heterocycles. The van der Waals surface area contributed by atoms with Crippen molar-refractivity contribution in [3.05, 3.63) is 34.3 Å². The lowest BCUT2D eigenvalue weighted by molar-refractivity contribution is 0.0691. The largest absolute Gasteiger partial charge is 0.361 e. The number of carbonyl (C=O) groups excluding carboxylic acids is 1. The van der Waals surface area contributed by atoms with Crippen LogP contribution in [0.5, 0.6) is 0 Å². The van der Waals surface area contributed by atoms with Crippen LogP contribution < -0.4 is 4.90 Å². The Hall–Kier alpha value is -1.75. The molecule has 1 aliphatic heterocycles. The van der Waals surface area contributed by atoms with E-state index in [1.54, 1.807) is 28.0 Å². The molecule has 26 heavy (non-hydrogen) atoms. The van der Waals surface area contributed by atoms with E-state index < -0.39 is 10.0 Å². The summed E-state index contributed by atoms with van der Waals surface area (Å²) in [6, 6.07) is 6.42. The van der Waals surface area contributed by atoms with Crippen LogP contribution in [0, 0.1) is 0 Å². The molecule has 0 atom stereocenters. The summed E-state index contributed by atoms with van der Waals surface area (Å²) in [7, 11) is 0.104. The van der Waals surface area contributed by atoms with Crippen LogP contribution in [-0.2, 0) is 10.0 Å². The van der Waals surface area contributed by atoms with Gasteiger partial charge in [-0.25, -0.2) is 8.42 Å². The van der Waals surface area contributed by atoms with Crippen molar-refractivity contribution in [2.24, 2.45) is 0 Å². The number of aromatic nitrogens is 2. The first-order valence-electron chi connectivity index (χ1n) is 7.85. The van der Waals surface area contributed by atoms with Crippen molar-refractivity contribution in [1.29, 1.82) is 0 Å². The van der Waals surface area contributed by atoms with E-state index in [1.807, 2.05) is 14.1 Å². The number of halogens is 1. The van der Waals surface area contributed by atoms with Gasteiger partial charge >= 0.3 is 0 Å². The molecule has 0 bridgehead atoms. The lowest BCUT2D eigenvalue weighted by Crippen LogP contribution is -2.50. The molecule has 0 N–H and O–H groups in total. The molecule has 2 aromatic rings. The van der Waals surface area contributed by atoms with E-state index >= 15 is 0 Å². The maximum Gasteiger partial charge on any atom is 0.274 e. The lowest BCUT2D eigenvalue weighted by Gasteiger charge is -2.33. The molecule has 0 aliphatic carbocycles. The second-order valence-corrected chi connectivity index (χ2v) is 9.81. The fourth-order valence-corrected chi connectivity index (χ4v) is 5.59. The van der Waals surface area contributed by atoms with Crippen LogP contribution in [0.3, 0.4) is 0 Å². The lowest BCUT2D eigenvalue weighted by atomic mass is 10.3. The van der Waals surface area contributed by atoms with E-state index in [0.717, 1.165) is 11.3 Å². The number of piperazine rings is 1. The predicted octanol–water partition coefficient (Wildman–Crippen LogP) is 1.40. The molecule has 1 aliphatic rings. The summed E-state index contributed by atoms with van der Waals surface area (Å²) in [4.78, 5) is 15.9. The monoisotopic (exact) mass is 415 g/mol. The van der Waals surface area contributed by atoms with Crippen LogP contribution in [0.15, 0.2) is 28.5 Å². The molecule has 140 valence electrons. The number of hydrogen-bond donors (Lipinski definition) is 0. The van der Waals surface area contributed by atoms with Gasteiger partial charge in [-0.3, -0.25) is 4.79 Å². The summed E-state index contributed by atoms with van der Waals surface area (Å²) in [5, 5.41) is 7.97. The maximum atomic E-state index is 12.6. The highest BCUT2D eigenvalue weighted by Crippen LogP contribution is 2.28. The summed E-state index contributed by atoms with van der Waals surface area (Å²) in [6.45, 7) is 1.06. The Morgan fingerprint density at radius 3 is 2.31 bits per heavy atom. The number of carbonyl (C=O) groups is 1. The van der Waals surface area contributed by atoms with Crippen molar-refractivity contribution < 1.29 is 13.2 Å². The molecule has 3 rings (SSSR count). The minimum atomic E-state index is -3.57. The quantitative estimate of drug-likeness (QED) is 0.750. The standard InChI is InChI=1S/C15H18ClN5O3S2/c1-19(2)13-5-3-11(17-18-13)15(22)20-7-9-21(10-8-20)26(23,24)14-6-4-12(16)25-14/h3-6H,7-10H2,1-2H3. The van der Waals surface area contributed by atoms with Gasteiger partial charge in [0.1, 0.15) is 4.21 Å². The summed E-state index contributed by atoms with van der Waals surface area (Å²) < 4.78 is 27.2. The van der Waals surface area contributed by atoms with E-state index in [1.165, 1.54) is 10.4 Å². The Balaban J connectivity index is 1.65. The van der Waals surface area contributed by atoms with Gasteiger partial charge in [0, 0.05) is 40.3 Å². The average Bonchev–Trinajstić information content (AvgIpc) is 3.08. The Kier molecular flexibility index (Phi) is 5.47. The fourth-order valence-electron chi connectivity index (χ4n) is 2.53. The van der Waals surface area contributed by atoms with Crippen molar-refractivity contribution >= 4 is 44.7 Å². The minimum Gasteiger partial charge on any atom is -0.361 e. The second-order valence-electron chi connectivity index (χ2n) is 5.93. The molecule has 11 heteroatoms. The summed E-state index contributed by atoms with van der Waals surface area (Å²) >= 11 is 6.86. The molecule has 8 nitrogen and oxygen atoms in total. The highest BCUT2D eigenvalue weighted by Gasteiger charge is 2.31. The first-order valence-corrected chi connectivity index (χ1v) is 10.5. The first-order chi connectivity index (χ1) is 12.3. The Morgan fingerprint density at radius 1 is 1.12 bits per heavy atom. The topological polar surface area (TPSA) is 86.7 Å². The maximum absolute atomic E-state index is 12.6. The molecule has 1 amide bonds. The summed E-state index contributed by atoms with van der Waals surface area (Å²) in [5.74, 6) is 0.408. The molecule has 0 aromatic carbocycles. The van der Waals surface area contributed by atoms with Gasteiger partial charge in [0.2, 0.25) is 0 Å². The number of rotatable bonds is 4. The average molecular weight is 416 g/mol. The highest BCUT2D eigenvalue weighted by atomic mass is 35.5. The molecule has 1 saturated heterocycles. The van der Waals surface area contributed by atoms with Gasteiger partial charge in [-0.05, 0) is 24.3 Å². The van der Waals surface area contributed by atoms with Crippen molar-refractivity contribution in [2.75, 3.05) is 45.2 Å². The van der Waals surface area contributed by atoms with Gasteiger partial charge in [0.05, 0.1) is 4.34 Å². The van der Waals surface area contributed by atoms with Gasteiger partial charge in [0.15, 0.2) is 11.5 Å². The molecule has 0 radical (unpaired) electrons. The van der Waals surface area contributed by atoms with E-state index in [9.17, 15) is 13.2 Å². The van der Waals surface area contributed by atoms with Crippen molar-refractivity contribution in [1.82, 2.24) is 19.4 Å². The van der Waals surface area contributed by atoms with Gasteiger partial charge in [0.25, 0.3) is 15.9 Å². The predicted molar refractivity (Wildman–Crippen MR) is 100 cm³/mol. The third-order valence-corrected chi connectivity index (χ3v) is 7.59. The molecule has 0 spiro atoms. The third-order valence-electron chi connectivity index (χ3n) is 4.00. The summed E-state index contributed by atoms with van der Waals surface area (Å²) in [6.07, 6.45) is 0. The zero-order chi connectivity index (χ0) is 18.9. The van der Waals surface area contributed by atoms with Crippen molar-refractivity contribution in [2.45, 2.75) is 4.21 Å². The minimum absolute atomic E-state index is 0.215. The van der Waals surface area contributed by atoms with Crippen LogP contribution in [0.4, 0.5) is 5.82 Å². The number of nitrogens with zero attached hydrogens (tertiary/aromatic N) is 5. The van der Waals surface area contributed by atoms with E-state index in [4.69, 9.17) is 11.6 Å². The van der Waals surface area contributed by atoms with E-state index in [2.05, 4.69) is 10.2 Å². The smallest absolute Gasteiger partial charge is 0.274 e. The summed E-state index contributed by atoms with van der Waals surface area (Å²) in [5.41, 5.74) is 0.247. The normalized spacial score (nSPS) is 15.9. The van der Waals surface area contributed by atoms with E-state index in [0.29, 0.717) is 23.2 Å². The highest BCUT2D eigenvalue weighted by molar-refractivity contribution is 7.91. The van der Waals surface area contributed by atoms with Crippen molar-refractivity contribution in [3.63, 3.8) is 0 Å². The molecule has 1 fully saturated rings. The number of amides is 1. The molecule has 0 unspecified atom stereocenters.